The highest BCUT2D eigenvalue weighted by atomic mass is 32.1. The van der Waals surface area contributed by atoms with Crippen LogP contribution in [0.15, 0.2) is 5.38 Å². The summed E-state index contributed by atoms with van der Waals surface area (Å²) in [6, 6.07) is 0. The Hall–Kier alpha value is -1.10. The fourth-order valence-electron chi connectivity index (χ4n) is 3.33. The summed E-state index contributed by atoms with van der Waals surface area (Å²) in [6.45, 7) is 5.54. The first-order valence-electron chi connectivity index (χ1n) is 7.39. The zero-order valence-electron chi connectivity index (χ0n) is 12.3. The Bertz CT molecular complexity index is 450. The molecular weight excluding hydrogens is 272 g/mol. The van der Waals surface area contributed by atoms with Crippen molar-refractivity contribution in [2.24, 2.45) is 11.3 Å². The Morgan fingerprint density at radius 2 is 2.20 bits per heavy atom. The quantitative estimate of drug-likeness (QED) is 0.803. The molecular formula is C15H24N2O2S. The Kier molecular flexibility index (Phi) is 5.02. The van der Waals surface area contributed by atoms with Crippen LogP contribution in [0.2, 0.25) is 0 Å². The Labute approximate surface area is 124 Å². The van der Waals surface area contributed by atoms with E-state index >= 15 is 0 Å². The van der Waals surface area contributed by atoms with E-state index < -0.39 is 5.97 Å². The molecule has 1 aromatic heterocycles. The fraction of sp³-hybridized carbons (Fsp3) is 0.733. The van der Waals surface area contributed by atoms with Crippen LogP contribution >= 0.6 is 11.3 Å². The summed E-state index contributed by atoms with van der Waals surface area (Å²) in [4.78, 5) is 15.0. The number of nitrogens with zero attached hydrogens (tertiary/aromatic N) is 1. The van der Waals surface area contributed by atoms with Gasteiger partial charge >= 0.3 is 5.97 Å². The maximum Gasteiger partial charge on any atom is 0.309 e. The zero-order valence-corrected chi connectivity index (χ0v) is 13.1. The van der Waals surface area contributed by atoms with Gasteiger partial charge in [0, 0.05) is 11.9 Å². The summed E-state index contributed by atoms with van der Waals surface area (Å²) < 4.78 is 0. The molecule has 0 bridgehead atoms. The van der Waals surface area contributed by atoms with Gasteiger partial charge in [-0.2, -0.15) is 0 Å². The number of hydrogen-bond acceptors (Lipinski definition) is 4. The van der Waals surface area contributed by atoms with Gasteiger partial charge in [-0.1, -0.05) is 26.7 Å². The number of aromatic nitrogens is 1. The number of carboxylic acid groups (broad SMARTS) is 1. The lowest BCUT2D eigenvalue weighted by Gasteiger charge is -2.31. The third-order valence-electron chi connectivity index (χ3n) is 4.00. The van der Waals surface area contributed by atoms with Crippen LogP contribution in [0, 0.1) is 11.3 Å². The molecule has 2 N–H and O–H groups in total. The summed E-state index contributed by atoms with van der Waals surface area (Å²) in [5.74, 6) is -0.109. The number of nitrogens with one attached hydrogen (secondary N) is 1. The molecule has 1 fully saturated rings. The molecule has 112 valence electrons. The van der Waals surface area contributed by atoms with Crippen LogP contribution in [0.25, 0.3) is 0 Å². The van der Waals surface area contributed by atoms with E-state index in [-0.39, 0.29) is 6.42 Å². The van der Waals surface area contributed by atoms with Crippen molar-refractivity contribution in [1.29, 1.82) is 0 Å². The van der Waals surface area contributed by atoms with Crippen LogP contribution < -0.4 is 5.32 Å². The predicted octanol–water partition coefficient (Wildman–Crippen LogP) is 3.79. The standard InChI is InChI=1S/C15H24N2O2S/c1-11(2)8-15(5-3-4-6-15)10-16-14-17-12(9-20-14)7-13(18)19/h9,11H,3-8,10H2,1-2H3,(H,16,17)(H,18,19). The molecule has 0 unspecified atom stereocenters. The lowest BCUT2D eigenvalue weighted by atomic mass is 9.78. The third kappa shape index (κ3) is 4.20. The van der Waals surface area contributed by atoms with Crippen molar-refractivity contribution in [3.05, 3.63) is 11.1 Å². The molecule has 0 atom stereocenters. The van der Waals surface area contributed by atoms with E-state index in [2.05, 4.69) is 24.1 Å². The summed E-state index contributed by atoms with van der Waals surface area (Å²) in [5.41, 5.74) is 1.06. The Morgan fingerprint density at radius 3 is 2.80 bits per heavy atom. The van der Waals surface area contributed by atoms with Crippen molar-refractivity contribution in [3.63, 3.8) is 0 Å². The molecule has 4 nitrogen and oxygen atoms in total. The van der Waals surface area contributed by atoms with E-state index in [0.29, 0.717) is 17.0 Å². The summed E-state index contributed by atoms with van der Waals surface area (Å²) in [7, 11) is 0. The zero-order chi connectivity index (χ0) is 14.6. The second kappa shape index (κ2) is 6.57. The molecule has 1 heterocycles. The van der Waals surface area contributed by atoms with Gasteiger partial charge in [0.1, 0.15) is 0 Å². The second-order valence-corrected chi connectivity index (χ2v) is 7.23. The Morgan fingerprint density at radius 1 is 1.50 bits per heavy atom. The van der Waals surface area contributed by atoms with Crippen molar-refractivity contribution in [2.45, 2.75) is 52.4 Å². The van der Waals surface area contributed by atoms with Gasteiger partial charge in [-0.05, 0) is 30.6 Å². The average molecular weight is 296 g/mol. The smallest absolute Gasteiger partial charge is 0.309 e. The maximum atomic E-state index is 10.7. The topological polar surface area (TPSA) is 62.2 Å². The van der Waals surface area contributed by atoms with E-state index in [0.717, 1.165) is 11.7 Å². The first kappa shape index (κ1) is 15.3. The van der Waals surface area contributed by atoms with Crippen molar-refractivity contribution in [3.8, 4) is 0 Å². The summed E-state index contributed by atoms with van der Waals surface area (Å²) in [6.07, 6.45) is 6.52. The van der Waals surface area contributed by atoms with Crippen LogP contribution in [0.4, 0.5) is 5.13 Å². The molecule has 0 amide bonds. The average Bonchev–Trinajstić information content (AvgIpc) is 2.95. The molecule has 2 rings (SSSR count). The van der Waals surface area contributed by atoms with E-state index in [1.807, 2.05) is 5.38 Å². The minimum absolute atomic E-state index is 0.00924. The van der Waals surface area contributed by atoms with Gasteiger partial charge in [-0.3, -0.25) is 4.79 Å². The van der Waals surface area contributed by atoms with Crippen LogP contribution in [0.1, 0.15) is 51.6 Å². The lowest BCUT2D eigenvalue weighted by molar-refractivity contribution is -0.136. The van der Waals surface area contributed by atoms with E-state index in [9.17, 15) is 4.79 Å². The third-order valence-corrected chi connectivity index (χ3v) is 4.85. The molecule has 0 aromatic carbocycles. The fourth-order valence-corrected chi connectivity index (χ4v) is 4.04. The molecule has 1 aliphatic carbocycles. The monoisotopic (exact) mass is 296 g/mol. The summed E-state index contributed by atoms with van der Waals surface area (Å²) in [5, 5.41) is 14.9. The van der Waals surface area contributed by atoms with Crippen molar-refractivity contribution >= 4 is 22.4 Å². The minimum atomic E-state index is -0.825. The van der Waals surface area contributed by atoms with Gasteiger partial charge in [-0.15, -0.1) is 11.3 Å². The number of anilines is 1. The molecule has 1 aromatic rings. The van der Waals surface area contributed by atoms with Crippen LogP contribution in [0.5, 0.6) is 0 Å². The van der Waals surface area contributed by atoms with Gasteiger partial charge < -0.3 is 10.4 Å². The van der Waals surface area contributed by atoms with Gasteiger partial charge in [0.15, 0.2) is 5.13 Å². The van der Waals surface area contributed by atoms with E-state index in [1.54, 1.807) is 0 Å². The number of thiazole rings is 1. The highest BCUT2D eigenvalue weighted by Crippen LogP contribution is 2.43. The summed E-state index contributed by atoms with van der Waals surface area (Å²) >= 11 is 1.51. The molecule has 0 radical (unpaired) electrons. The number of rotatable bonds is 7. The molecule has 0 saturated heterocycles. The van der Waals surface area contributed by atoms with Crippen LogP contribution in [-0.4, -0.2) is 22.6 Å². The van der Waals surface area contributed by atoms with E-state index in [4.69, 9.17) is 5.11 Å². The van der Waals surface area contributed by atoms with Crippen LogP contribution in [-0.2, 0) is 11.2 Å². The number of aliphatic carboxylic acids is 1. The van der Waals surface area contributed by atoms with Crippen molar-refractivity contribution < 1.29 is 9.90 Å². The Balaban J connectivity index is 1.92. The van der Waals surface area contributed by atoms with Crippen molar-refractivity contribution in [2.75, 3.05) is 11.9 Å². The van der Waals surface area contributed by atoms with Gasteiger partial charge in [0.05, 0.1) is 12.1 Å². The normalized spacial score (nSPS) is 17.6. The van der Waals surface area contributed by atoms with Gasteiger partial charge in [0.2, 0.25) is 0 Å². The van der Waals surface area contributed by atoms with Gasteiger partial charge in [-0.25, -0.2) is 4.98 Å². The number of hydrogen-bond donors (Lipinski definition) is 2. The molecule has 0 aliphatic heterocycles. The lowest BCUT2D eigenvalue weighted by Crippen LogP contribution is -2.28. The predicted molar refractivity (Wildman–Crippen MR) is 82.3 cm³/mol. The van der Waals surface area contributed by atoms with Crippen LogP contribution in [0.3, 0.4) is 0 Å². The first-order valence-corrected chi connectivity index (χ1v) is 8.27. The molecule has 20 heavy (non-hydrogen) atoms. The highest BCUT2D eigenvalue weighted by molar-refractivity contribution is 7.13. The molecule has 1 aliphatic rings. The first-order chi connectivity index (χ1) is 9.49. The molecule has 0 spiro atoms. The highest BCUT2D eigenvalue weighted by Gasteiger charge is 2.34. The maximum absolute atomic E-state index is 10.7. The molecule has 1 saturated carbocycles. The SMILES string of the molecule is CC(C)CC1(CNc2nc(CC(=O)O)cs2)CCCC1. The molecule has 5 heteroatoms. The largest absolute Gasteiger partial charge is 0.481 e. The number of carboxylic acids is 1. The second-order valence-electron chi connectivity index (χ2n) is 6.37. The minimum Gasteiger partial charge on any atom is -0.481 e. The number of carbonyl (C=O) groups is 1. The van der Waals surface area contributed by atoms with Gasteiger partial charge in [0.25, 0.3) is 0 Å². The van der Waals surface area contributed by atoms with E-state index in [1.165, 1.54) is 43.4 Å². The van der Waals surface area contributed by atoms with Crippen molar-refractivity contribution in [1.82, 2.24) is 4.98 Å².